The summed E-state index contributed by atoms with van der Waals surface area (Å²) in [4.78, 5) is 14.3. The molecule has 0 aliphatic heterocycles. The average Bonchev–Trinajstić information content (AvgIpc) is 3.20. The van der Waals surface area contributed by atoms with Crippen LogP contribution in [0, 0.1) is 0 Å². The highest BCUT2D eigenvalue weighted by Gasteiger charge is 2.38. The Labute approximate surface area is 109 Å². The summed E-state index contributed by atoms with van der Waals surface area (Å²) >= 11 is 0. The number of amides is 1. The van der Waals surface area contributed by atoms with Crippen molar-refractivity contribution < 1.29 is 4.79 Å². The van der Waals surface area contributed by atoms with Crippen LogP contribution in [0.4, 0.5) is 0 Å². The molecule has 18 heavy (non-hydrogen) atoms. The summed E-state index contributed by atoms with van der Waals surface area (Å²) < 4.78 is 0. The number of nitrogens with two attached hydrogens (primary N) is 1. The van der Waals surface area contributed by atoms with Crippen molar-refractivity contribution in [3.8, 4) is 0 Å². The average molecular weight is 246 g/mol. The standard InChI is InChI=1S/C15H22N2O/c1-3-14(12-7-5-4-6-8-12)17(13-9-10-13)15(18)11(2)16/h4-8,11,13-14H,3,9-10,16H2,1-2H3/t11-,14?/m0/s1. The summed E-state index contributed by atoms with van der Waals surface area (Å²) in [6.45, 7) is 3.90. The minimum absolute atomic E-state index is 0.0770. The summed E-state index contributed by atoms with van der Waals surface area (Å²) in [7, 11) is 0. The van der Waals surface area contributed by atoms with E-state index >= 15 is 0 Å². The van der Waals surface area contributed by atoms with Crippen LogP contribution in [0.3, 0.4) is 0 Å². The Morgan fingerprint density at radius 1 is 1.39 bits per heavy atom. The van der Waals surface area contributed by atoms with E-state index in [0.29, 0.717) is 6.04 Å². The predicted octanol–water partition coefficient (Wildman–Crippen LogP) is 2.48. The van der Waals surface area contributed by atoms with Crippen LogP contribution < -0.4 is 5.73 Å². The van der Waals surface area contributed by atoms with Crippen molar-refractivity contribution in [2.45, 2.75) is 51.2 Å². The molecule has 0 aromatic heterocycles. The second-order valence-electron chi connectivity index (χ2n) is 5.10. The lowest BCUT2D eigenvalue weighted by atomic mass is 10.0. The van der Waals surface area contributed by atoms with E-state index in [2.05, 4.69) is 19.1 Å². The molecular weight excluding hydrogens is 224 g/mol. The van der Waals surface area contributed by atoms with Gasteiger partial charge in [0.15, 0.2) is 0 Å². The molecule has 3 nitrogen and oxygen atoms in total. The zero-order valence-electron chi connectivity index (χ0n) is 11.2. The first-order valence-electron chi connectivity index (χ1n) is 6.77. The Hall–Kier alpha value is -1.35. The first-order chi connectivity index (χ1) is 8.65. The smallest absolute Gasteiger partial charge is 0.239 e. The molecule has 2 rings (SSSR count). The molecule has 0 spiro atoms. The topological polar surface area (TPSA) is 46.3 Å². The molecular formula is C15H22N2O. The van der Waals surface area contributed by atoms with Crippen LogP contribution in [0.15, 0.2) is 30.3 Å². The lowest BCUT2D eigenvalue weighted by molar-refractivity contribution is -0.135. The molecule has 2 N–H and O–H groups in total. The highest BCUT2D eigenvalue weighted by Crippen LogP contribution is 2.36. The third-order valence-electron chi connectivity index (χ3n) is 3.49. The Kier molecular flexibility index (Phi) is 4.02. The number of hydrogen-bond donors (Lipinski definition) is 1. The lowest BCUT2D eigenvalue weighted by Crippen LogP contribution is -2.45. The van der Waals surface area contributed by atoms with Gasteiger partial charge in [-0.1, -0.05) is 37.3 Å². The predicted molar refractivity (Wildman–Crippen MR) is 73.0 cm³/mol. The second kappa shape index (κ2) is 5.53. The maximum atomic E-state index is 12.3. The van der Waals surface area contributed by atoms with Crippen molar-refractivity contribution in [3.05, 3.63) is 35.9 Å². The normalized spacial score (nSPS) is 18.2. The zero-order chi connectivity index (χ0) is 13.1. The summed E-state index contributed by atoms with van der Waals surface area (Å²) in [5, 5.41) is 0. The molecule has 1 saturated carbocycles. The van der Waals surface area contributed by atoms with E-state index in [0.717, 1.165) is 19.3 Å². The van der Waals surface area contributed by atoms with Gasteiger partial charge in [0, 0.05) is 6.04 Å². The molecule has 1 aliphatic rings. The molecule has 1 aromatic carbocycles. The maximum absolute atomic E-state index is 12.3. The van der Waals surface area contributed by atoms with Gasteiger partial charge in [0.2, 0.25) is 5.91 Å². The maximum Gasteiger partial charge on any atom is 0.239 e. The number of carbonyl (C=O) groups is 1. The van der Waals surface area contributed by atoms with E-state index in [1.54, 1.807) is 6.92 Å². The number of rotatable bonds is 5. The fourth-order valence-corrected chi connectivity index (χ4v) is 2.44. The number of benzene rings is 1. The lowest BCUT2D eigenvalue weighted by Gasteiger charge is -2.33. The van der Waals surface area contributed by atoms with Gasteiger partial charge in [0.25, 0.3) is 0 Å². The molecule has 98 valence electrons. The Morgan fingerprint density at radius 3 is 2.44 bits per heavy atom. The number of nitrogens with zero attached hydrogens (tertiary/aromatic N) is 1. The molecule has 1 amide bonds. The van der Waals surface area contributed by atoms with Crippen LogP contribution in [0.1, 0.15) is 44.7 Å². The first kappa shape index (κ1) is 13.1. The van der Waals surface area contributed by atoms with Crippen LogP contribution in [0.5, 0.6) is 0 Å². The van der Waals surface area contributed by atoms with Crippen LogP contribution in [-0.2, 0) is 4.79 Å². The fourth-order valence-electron chi connectivity index (χ4n) is 2.44. The van der Waals surface area contributed by atoms with Crippen LogP contribution in [-0.4, -0.2) is 22.9 Å². The van der Waals surface area contributed by atoms with E-state index in [4.69, 9.17) is 5.73 Å². The van der Waals surface area contributed by atoms with Gasteiger partial charge < -0.3 is 10.6 Å². The van der Waals surface area contributed by atoms with Crippen LogP contribution in [0.25, 0.3) is 0 Å². The van der Waals surface area contributed by atoms with Gasteiger partial charge >= 0.3 is 0 Å². The van der Waals surface area contributed by atoms with E-state index in [1.165, 1.54) is 5.56 Å². The van der Waals surface area contributed by atoms with Crippen molar-refractivity contribution >= 4 is 5.91 Å². The molecule has 3 heteroatoms. The molecule has 1 fully saturated rings. The number of hydrogen-bond acceptors (Lipinski definition) is 2. The molecule has 0 saturated heterocycles. The second-order valence-corrected chi connectivity index (χ2v) is 5.10. The van der Waals surface area contributed by atoms with Gasteiger partial charge in [0.1, 0.15) is 0 Å². The first-order valence-corrected chi connectivity index (χ1v) is 6.77. The van der Waals surface area contributed by atoms with Crippen molar-refractivity contribution in [3.63, 3.8) is 0 Å². The van der Waals surface area contributed by atoms with Gasteiger partial charge in [-0.2, -0.15) is 0 Å². The van der Waals surface area contributed by atoms with Gasteiger partial charge in [-0.3, -0.25) is 4.79 Å². The van der Waals surface area contributed by atoms with E-state index < -0.39 is 6.04 Å². The number of carbonyl (C=O) groups excluding carboxylic acids is 1. The molecule has 2 atom stereocenters. The minimum Gasteiger partial charge on any atom is -0.331 e. The molecule has 1 aromatic rings. The van der Waals surface area contributed by atoms with E-state index in [9.17, 15) is 4.79 Å². The SMILES string of the molecule is CCC(c1ccccc1)N(C(=O)[C@H](C)N)C1CC1. The molecule has 1 unspecified atom stereocenters. The van der Waals surface area contributed by atoms with Gasteiger partial charge in [-0.15, -0.1) is 0 Å². The Balaban J connectivity index is 2.25. The van der Waals surface area contributed by atoms with E-state index in [-0.39, 0.29) is 11.9 Å². The largest absolute Gasteiger partial charge is 0.331 e. The van der Waals surface area contributed by atoms with Gasteiger partial charge in [-0.05, 0) is 31.7 Å². The molecule has 0 bridgehead atoms. The van der Waals surface area contributed by atoms with Crippen molar-refractivity contribution in [1.82, 2.24) is 4.90 Å². The monoisotopic (exact) mass is 246 g/mol. The van der Waals surface area contributed by atoms with Crippen LogP contribution >= 0.6 is 0 Å². The van der Waals surface area contributed by atoms with Crippen molar-refractivity contribution in [1.29, 1.82) is 0 Å². The van der Waals surface area contributed by atoms with Gasteiger partial charge in [0.05, 0.1) is 12.1 Å². The quantitative estimate of drug-likeness (QED) is 0.867. The third-order valence-corrected chi connectivity index (χ3v) is 3.49. The molecule has 0 radical (unpaired) electrons. The Bertz CT molecular complexity index is 398. The summed E-state index contributed by atoms with van der Waals surface area (Å²) in [5.41, 5.74) is 6.99. The molecule has 0 heterocycles. The van der Waals surface area contributed by atoms with Crippen molar-refractivity contribution in [2.75, 3.05) is 0 Å². The Morgan fingerprint density at radius 2 is 2.00 bits per heavy atom. The zero-order valence-corrected chi connectivity index (χ0v) is 11.2. The minimum atomic E-state index is -0.414. The highest BCUT2D eigenvalue weighted by molar-refractivity contribution is 5.82. The van der Waals surface area contributed by atoms with E-state index in [1.807, 2.05) is 23.1 Å². The molecule has 1 aliphatic carbocycles. The summed E-state index contributed by atoms with van der Waals surface area (Å²) in [6, 6.07) is 10.4. The highest BCUT2D eigenvalue weighted by atomic mass is 16.2. The summed E-state index contributed by atoms with van der Waals surface area (Å²) in [5.74, 6) is 0.0770. The fraction of sp³-hybridized carbons (Fsp3) is 0.533. The van der Waals surface area contributed by atoms with Gasteiger partial charge in [-0.25, -0.2) is 0 Å². The third kappa shape index (κ3) is 2.72. The van der Waals surface area contributed by atoms with Crippen LogP contribution in [0.2, 0.25) is 0 Å². The van der Waals surface area contributed by atoms with Crippen molar-refractivity contribution in [2.24, 2.45) is 5.73 Å². The summed E-state index contributed by atoms with van der Waals surface area (Å²) in [6.07, 6.45) is 3.16.